The SMILES string of the molecule is CC[C@@H](C)C(=O)Nc1ccc(OC)cc1. The molecule has 0 fully saturated rings. The normalized spacial score (nSPS) is 11.9. The molecule has 0 saturated carbocycles. The van der Waals surface area contributed by atoms with Gasteiger partial charge < -0.3 is 10.1 Å². The van der Waals surface area contributed by atoms with Gasteiger partial charge in [-0.25, -0.2) is 0 Å². The van der Waals surface area contributed by atoms with Gasteiger partial charge in [0.05, 0.1) is 7.11 Å². The number of carbonyl (C=O) groups excluding carboxylic acids is 1. The minimum Gasteiger partial charge on any atom is -0.497 e. The number of ether oxygens (including phenoxy) is 1. The Morgan fingerprint density at radius 3 is 2.47 bits per heavy atom. The van der Waals surface area contributed by atoms with Crippen molar-refractivity contribution in [2.45, 2.75) is 20.3 Å². The Balaban J connectivity index is 2.61. The molecule has 0 aromatic heterocycles. The number of hydrogen-bond acceptors (Lipinski definition) is 2. The largest absolute Gasteiger partial charge is 0.497 e. The van der Waals surface area contributed by atoms with Gasteiger partial charge in [-0.1, -0.05) is 13.8 Å². The maximum absolute atomic E-state index is 11.6. The number of nitrogens with one attached hydrogen (secondary N) is 1. The van der Waals surface area contributed by atoms with Crippen molar-refractivity contribution in [1.82, 2.24) is 0 Å². The summed E-state index contributed by atoms with van der Waals surface area (Å²) in [6.45, 7) is 3.91. The molecule has 1 aromatic carbocycles. The number of benzene rings is 1. The van der Waals surface area contributed by atoms with Gasteiger partial charge in [-0.3, -0.25) is 4.79 Å². The lowest BCUT2D eigenvalue weighted by Crippen LogP contribution is -2.19. The summed E-state index contributed by atoms with van der Waals surface area (Å²) in [5, 5.41) is 2.85. The second kappa shape index (κ2) is 5.39. The van der Waals surface area contributed by atoms with Crippen LogP contribution in [0, 0.1) is 5.92 Å². The van der Waals surface area contributed by atoms with E-state index in [0.29, 0.717) is 0 Å². The standard InChI is InChI=1S/C12H17NO2/c1-4-9(2)12(14)13-10-5-7-11(15-3)8-6-10/h5-9H,4H2,1-3H3,(H,13,14)/t9-/m1/s1. The van der Waals surface area contributed by atoms with Crippen LogP contribution in [-0.2, 0) is 4.79 Å². The summed E-state index contributed by atoms with van der Waals surface area (Å²) in [5.41, 5.74) is 0.807. The molecular formula is C12H17NO2. The fraction of sp³-hybridized carbons (Fsp3) is 0.417. The molecule has 0 spiro atoms. The molecule has 1 N–H and O–H groups in total. The minimum atomic E-state index is 0.0482. The van der Waals surface area contributed by atoms with E-state index in [1.807, 2.05) is 38.1 Å². The van der Waals surface area contributed by atoms with Crippen molar-refractivity contribution in [3.63, 3.8) is 0 Å². The first kappa shape index (κ1) is 11.6. The van der Waals surface area contributed by atoms with E-state index in [1.54, 1.807) is 7.11 Å². The highest BCUT2D eigenvalue weighted by molar-refractivity contribution is 5.92. The summed E-state index contributed by atoms with van der Waals surface area (Å²) in [7, 11) is 1.62. The summed E-state index contributed by atoms with van der Waals surface area (Å²) < 4.78 is 5.03. The van der Waals surface area contributed by atoms with Crippen molar-refractivity contribution in [2.24, 2.45) is 5.92 Å². The predicted molar refractivity (Wildman–Crippen MR) is 61.1 cm³/mol. The van der Waals surface area contributed by atoms with Crippen molar-refractivity contribution in [3.05, 3.63) is 24.3 Å². The number of anilines is 1. The smallest absolute Gasteiger partial charge is 0.227 e. The number of amides is 1. The van der Waals surface area contributed by atoms with Gasteiger partial charge >= 0.3 is 0 Å². The van der Waals surface area contributed by atoms with Crippen LogP contribution < -0.4 is 10.1 Å². The molecule has 1 atom stereocenters. The lowest BCUT2D eigenvalue weighted by molar-refractivity contribution is -0.119. The topological polar surface area (TPSA) is 38.3 Å². The van der Waals surface area contributed by atoms with Crippen LogP contribution >= 0.6 is 0 Å². The quantitative estimate of drug-likeness (QED) is 0.824. The van der Waals surface area contributed by atoms with Crippen molar-refractivity contribution in [3.8, 4) is 5.75 Å². The minimum absolute atomic E-state index is 0.0482. The molecule has 3 nitrogen and oxygen atoms in total. The maximum atomic E-state index is 11.6. The zero-order valence-electron chi connectivity index (χ0n) is 9.41. The summed E-state index contributed by atoms with van der Waals surface area (Å²) in [6.07, 6.45) is 0.849. The van der Waals surface area contributed by atoms with Crippen LogP contribution in [0.1, 0.15) is 20.3 Å². The van der Waals surface area contributed by atoms with Crippen LogP contribution in [0.3, 0.4) is 0 Å². The molecule has 1 aromatic rings. The van der Waals surface area contributed by atoms with Crippen molar-refractivity contribution in [2.75, 3.05) is 12.4 Å². The van der Waals surface area contributed by atoms with E-state index in [9.17, 15) is 4.79 Å². The zero-order valence-corrected chi connectivity index (χ0v) is 9.41. The molecule has 0 bridgehead atoms. The summed E-state index contributed by atoms with van der Waals surface area (Å²) in [6, 6.07) is 7.32. The van der Waals surface area contributed by atoms with Gasteiger partial charge in [0, 0.05) is 11.6 Å². The number of rotatable bonds is 4. The Bertz CT molecular complexity index is 319. The molecule has 0 aliphatic heterocycles. The third-order valence-corrected chi connectivity index (χ3v) is 2.42. The highest BCUT2D eigenvalue weighted by Crippen LogP contribution is 2.16. The third kappa shape index (κ3) is 3.27. The first-order chi connectivity index (χ1) is 7.17. The van der Waals surface area contributed by atoms with E-state index in [4.69, 9.17) is 4.74 Å². The molecule has 1 amide bonds. The Kier molecular flexibility index (Phi) is 4.16. The highest BCUT2D eigenvalue weighted by Gasteiger charge is 2.09. The van der Waals surface area contributed by atoms with Crippen LogP contribution in [-0.4, -0.2) is 13.0 Å². The zero-order chi connectivity index (χ0) is 11.3. The average Bonchev–Trinajstić information content (AvgIpc) is 2.29. The number of methoxy groups -OCH3 is 1. The van der Waals surface area contributed by atoms with Crippen molar-refractivity contribution < 1.29 is 9.53 Å². The van der Waals surface area contributed by atoms with Crippen LogP contribution in [0.4, 0.5) is 5.69 Å². The van der Waals surface area contributed by atoms with E-state index in [0.717, 1.165) is 17.9 Å². The summed E-state index contributed by atoms with van der Waals surface area (Å²) >= 11 is 0. The van der Waals surface area contributed by atoms with Crippen LogP contribution in [0.5, 0.6) is 5.75 Å². The summed E-state index contributed by atoms with van der Waals surface area (Å²) in [5.74, 6) is 0.895. The lowest BCUT2D eigenvalue weighted by Gasteiger charge is -2.10. The molecule has 1 rings (SSSR count). The number of carbonyl (C=O) groups is 1. The number of hydrogen-bond donors (Lipinski definition) is 1. The van der Waals surface area contributed by atoms with Gasteiger partial charge in [0.2, 0.25) is 5.91 Å². The Hall–Kier alpha value is -1.51. The van der Waals surface area contributed by atoms with E-state index in [1.165, 1.54) is 0 Å². The Labute approximate surface area is 90.4 Å². The first-order valence-electron chi connectivity index (χ1n) is 5.12. The second-order valence-corrected chi connectivity index (χ2v) is 3.53. The molecule has 3 heteroatoms. The van der Waals surface area contributed by atoms with Gasteiger partial charge in [0.15, 0.2) is 0 Å². The molecule has 0 radical (unpaired) electrons. The van der Waals surface area contributed by atoms with Gasteiger partial charge in [0.1, 0.15) is 5.75 Å². The second-order valence-electron chi connectivity index (χ2n) is 3.53. The van der Waals surface area contributed by atoms with Gasteiger partial charge in [-0.15, -0.1) is 0 Å². The molecule has 0 unspecified atom stereocenters. The van der Waals surface area contributed by atoms with Crippen molar-refractivity contribution >= 4 is 11.6 Å². The van der Waals surface area contributed by atoms with E-state index in [2.05, 4.69) is 5.32 Å². The van der Waals surface area contributed by atoms with Gasteiger partial charge in [-0.2, -0.15) is 0 Å². The van der Waals surface area contributed by atoms with E-state index < -0.39 is 0 Å². The molecule has 82 valence electrons. The lowest BCUT2D eigenvalue weighted by atomic mass is 10.1. The first-order valence-corrected chi connectivity index (χ1v) is 5.12. The fourth-order valence-electron chi connectivity index (χ4n) is 1.13. The molecule has 0 aliphatic rings. The third-order valence-electron chi connectivity index (χ3n) is 2.42. The molecular weight excluding hydrogens is 190 g/mol. The molecule has 0 heterocycles. The molecule has 0 saturated heterocycles. The molecule has 0 aliphatic carbocycles. The van der Waals surface area contributed by atoms with Crippen LogP contribution in [0.25, 0.3) is 0 Å². The van der Waals surface area contributed by atoms with E-state index >= 15 is 0 Å². The monoisotopic (exact) mass is 207 g/mol. The summed E-state index contributed by atoms with van der Waals surface area (Å²) in [4.78, 5) is 11.6. The average molecular weight is 207 g/mol. The van der Waals surface area contributed by atoms with E-state index in [-0.39, 0.29) is 11.8 Å². The fourth-order valence-corrected chi connectivity index (χ4v) is 1.13. The van der Waals surface area contributed by atoms with Crippen LogP contribution in [0.2, 0.25) is 0 Å². The Morgan fingerprint density at radius 1 is 1.40 bits per heavy atom. The van der Waals surface area contributed by atoms with Gasteiger partial charge in [0.25, 0.3) is 0 Å². The predicted octanol–water partition coefficient (Wildman–Crippen LogP) is 2.68. The van der Waals surface area contributed by atoms with Crippen molar-refractivity contribution in [1.29, 1.82) is 0 Å². The highest BCUT2D eigenvalue weighted by atomic mass is 16.5. The molecule has 15 heavy (non-hydrogen) atoms. The Morgan fingerprint density at radius 2 is 2.00 bits per heavy atom. The van der Waals surface area contributed by atoms with Gasteiger partial charge in [-0.05, 0) is 30.7 Å². The van der Waals surface area contributed by atoms with Crippen LogP contribution in [0.15, 0.2) is 24.3 Å². The maximum Gasteiger partial charge on any atom is 0.227 e.